The van der Waals surface area contributed by atoms with Gasteiger partial charge in [-0.25, -0.2) is 0 Å². The molecular weight excluding hydrogens is 304 g/mol. The van der Waals surface area contributed by atoms with E-state index in [2.05, 4.69) is 72.6 Å². The van der Waals surface area contributed by atoms with E-state index < -0.39 is 0 Å². The molecule has 0 bridgehead atoms. The van der Waals surface area contributed by atoms with Crippen LogP contribution in [0.1, 0.15) is 0 Å². The van der Waals surface area contributed by atoms with Crippen molar-refractivity contribution in [3.8, 4) is 10.4 Å². The van der Waals surface area contributed by atoms with Gasteiger partial charge in [0, 0.05) is 9.77 Å². The standard InChI is InChI=1S/C14H10S.C6H6S/c1-2-7-12-11(5-1)6-3-8-13(12)14-9-4-10-15-14;7-6-4-2-1-3-5-6/h1-10H;1-5,7H. The number of rotatable bonds is 1. The van der Waals surface area contributed by atoms with Gasteiger partial charge in [-0.3, -0.25) is 0 Å². The highest BCUT2D eigenvalue weighted by atomic mass is 32.1. The van der Waals surface area contributed by atoms with Gasteiger partial charge >= 0.3 is 0 Å². The van der Waals surface area contributed by atoms with Crippen molar-refractivity contribution in [2.45, 2.75) is 4.90 Å². The van der Waals surface area contributed by atoms with Crippen molar-refractivity contribution in [2.75, 3.05) is 0 Å². The van der Waals surface area contributed by atoms with Gasteiger partial charge in [0.1, 0.15) is 0 Å². The molecule has 0 atom stereocenters. The van der Waals surface area contributed by atoms with E-state index in [4.69, 9.17) is 0 Å². The van der Waals surface area contributed by atoms with Crippen LogP contribution in [0.4, 0.5) is 0 Å². The fourth-order valence-corrected chi connectivity index (χ4v) is 3.24. The molecule has 0 amide bonds. The average Bonchev–Trinajstić information content (AvgIpc) is 3.10. The van der Waals surface area contributed by atoms with Crippen LogP contribution < -0.4 is 0 Å². The lowest BCUT2D eigenvalue weighted by atomic mass is 10.0. The molecule has 0 aliphatic rings. The predicted molar refractivity (Wildman–Crippen MR) is 101 cm³/mol. The summed E-state index contributed by atoms with van der Waals surface area (Å²) in [4.78, 5) is 2.36. The summed E-state index contributed by atoms with van der Waals surface area (Å²) in [6.07, 6.45) is 0. The summed E-state index contributed by atoms with van der Waals surface area (Å²) in [5, 5.41) is 4.77. The summed E-state index contributed by atoms with van der Waals surface area (Å²) in [7, 11) is 0. The monoisotopic (exact) mass is 320 g/mol. The van der Waals surface area contributed by atoms with E-state index in [0.29, 0.717) is 0 Å². The summed E-state index contributed by atoms with van der Waals surface area (Å²) in [5.41, 5.74) is 1.34. The SMILES string of the molecule is Sc1ccccc1.c1csc(-c2cccc3ccccc23)c1. The summed E-state index contributed by atoms with van der Waals surface area (Å²) < 4.78 is 0. The second-order valence-electron chi connectivity index (χ2n) is 4.84. The lowest BCUT2D eigenvalue weighted by molar-refractivity contribution is 1.48. The number of hydrogen-bond acceptors (Lipinski definition) is 2. The Hall–Kier alpha value is -2.03. The zero-order chi connectivity index (χ0) is 15.2. The second kappa shape index (κ2) is 7.30. The topological polar surface area (TPSA) is 0 Å². The first-order valence-electron chi connectivity index (χ1n) is 7.10. The Morgan fingerprint density at radius 3 is 2.05 bits per heavy atom. The number of benzene rings is 3. The van der Waals surface area contributed by atoms with Gasteiger partial charge in [0.15, 0.2) is 0 Å². The molecule has 0 spiro atoms. The van der Waals surface area contributed by atoms with Gasteiger partial charge < -0.3 is 0 Å². The molecule has 1 aromatic heterocycles. The number of hydrogen-bond donors (Lipinski definition) is 1. The van der Waals surface area contributed by atoms with Gasteiger partial charge in [0.2, 0.25) is 0 Å². The van der Waals surface area contributed by atoms with Crippen LogP contribution in [0.5, 0.6) is 0 Å². The van der Waals surface area contributed by atoms with Gasteiger partial charge in [-0.2, -0.15) is 0 Å². The molecule has 108 valence electrons. The molecule has 0 nitrogen and oxygen atoms in total. The van der Waals surface area contributed by atoms with Crippen LogP contribution in [0.15, 0.2) is 95.2 Å². The maximum atomic E-state index is 4.08. The van der Waals surface area contributed by atoms with Crippen LogP contribution >= 0.6 is 24.0 Å². The zero-order valence-electron chi connectivity index (χ0n) is 12.0. The number of thiophene rings is 1. The summed E-state index contributed by atoms with van der Waals surface area (Å²) in [6, 6.07) is 29.1. The van der Waals surface area contributed by atoms with E-state index in [-0.39, 0.29) is 0 Å². The van der Waals surface area contributed by atoms with E-state index in [1.807, 2.05) is 30.3 Å². The normalized spacial score (nSPS) is 10.0. The smallest absolute Gasteiger partial charge is 0.0348 e. The number of thiol groups is 1. The minimum absolute atomic E-state index is 1.02. The Balaban J connectivity index is 0.000000174. The van der Waals surface area contributed by atoms with Gasteiger partial charge in [-0.05, 0) is 39.9 Å². The molecule has 0 radical (unpaired) electrons. The maximum absolute atomic E-state index is 4.08. The zero-order valence-corrected chi connectivity index (χ0v) is 13.7. The van der Waals surface area contributed by atoms with Crippen LogP contribution in [-0.2, 0) is 0 Å². The third-order valence-electron chi connectivity index (χ3n) is 3.33. The molecule has 1 heterocycles. The van der Waals surface area contributed by atoms with E-state index in [1.165, 1.54) is 21.2 Å². The fraction of sp³-hybridized carbons (Fsp3) is 0. The third kappa shape index (κ3) is 3.59. The highest BCUT2D eigenvalue weighted by Gasteiger charge is 2.02. The highest BCUT2D eigenvalue weighted by Crippen LogP contribution is 2.31. The predicted octanol–water partition coefficient (Wildman–Crippen LogP) is 6.54. The van der Waals surface area contributed by atoms with E-state index in [1.54, 1.807) is 11.3 Å². The van der Waals surface area contributed by atoms with Gasteiger partial charge in [-0.1, -0.05) is 66.7 Å². The Morgan fingerprint density at radius 2 is 1.36 bits per heavy atom. The molecule has 0 saturated heterocycles. The van der Waals surface area contributed by atoms with E-state index in [0.717, 1.165) is 4.90 Å². The first-order chi connectivity index (χ1) is 10.8. The van der Waals surface area contributed by atoms with Gasteiger partial charge in [-0.15, -0.1) is 24.0 Å². The molecule has 2 heteroatoms. The van der Waals surface area contributed by atoms with E-state index >= 15 is 0 Å². The lowest BCUT2D eigenvalue weighted by Crippen LogP contribution is -1.76. The summed E-state index contributed by atoms with van der Waals surface area (Å²) >= 11 is 5.88. The molecule has 0 fully saturated rings. The maximum Gasteiger partial charge on any atom is 0.0348 e. The minimum atomic E-state index is 1.02. The Labute approximate surface area is 140 Å². The molecule has 22 heavy (non-hydrogen) atoms. The quantitative estimate of drug-likeness (QED) is 0.378. The largest absolute Gasteiger partial charge is 0.144 e. The van der Waals surface area contributed by atoms with Crippen LogP contribution in [0, 0.1) is 0 Å². The lowest BCUT2D eigenvalue weighted by Gasteiger charge is -2.03. The first-order valence-corrected chi connectivity index (χ1v) is 8.43. The van der Waals surface area contributed by atoms with Crippen molar-refractivity contribution in [1.82, 2.24) is 0 Å². The molecule has 0 unspecified atom stereocenters. The molecule has 0 aliphatic heterocycles. The Kier molecular flexibility index (Phi) is 4.94. The molecule has 0 N–H and O–H groups in total. The minimum Gasteiger partial charge on any atom is -0.144 e. The van der Waals surface area contributed by atoms with Crippen LogP contribution in [0.3, 0.4) is 0 Å². The van der Waals surface area contributed by atoms with Crippen molar-refractivity contribution in [3.63, 3.8) is 0 Å². The summed E-state index contributed by atoms with van der Waals surface area (Å²) in [5.74, 6) is 0. The van der Waals surface area contributed by atoms with Crippen LogP contribution in [0.25, 0.3) is 21.2 Å². The average molecular weight is 320 g/mol. The molecule has 0 aliphatic carbocycles. The Bertz CT molecular complexity index is 829. The van der Waals surface area contributed by atoms with Crippen LogP contribution in [-0.4, -0.2) is 0 Å². The Morgan fingerprint density at radius 1 is 0.636 bits per heavy atom. The van der Waals surface area contributed by atoms with Crippen LogP contribution in [0.2, 0.25) is 0 Å². The first kappa shape index (κ1) is 14.9. The second-order valence-corrected chi connectivity index (χ2v) is 6.30. The van der Waals surface area contributed by atoms with E-state index in [9.17, 15) is 0 Å². The third-order valence-corrected chi connectivity index (χ3v) is 4.53. The highest BCUT2D eigenvalue weighted by molar-refractivity contribution is 7.80. The van der Waals surface area contributed by atoms with Gasteiger partial charge in [0.25, 0.3) is 0 Å². The molecule has 0 saturated carbocycles. The number of fused-ring (bicyclic) bond motifs is 1. The van der Waals surface area contributed by atoms with Crippen molar-refractivity contribution >= 4 is 34.7 Å². The molecule has 4 rings (SSSR count). The molecule has 3 aromatic carbocycles. The molecular formula is C20H16S2. The van der Waals surface area contributed by atoms with Gasteiger partial charge in [0.05, 0.1) is 0 Å². The van der Waals surface area contributed by atoms with Crippen molar-refractivity contribution in [1.29, 1.82) is 0 Å². The van der Waals surface area contributed by atoms with Crippen molar-refractivity contribution in [2.24, 2.45) is 0 Å². The van der Waals surface area contributed by atoms with Crippen molar-refractivity contribution in [3.05, 3.63) is 90.3 Å². The fourth-order valence-electron chi connectivity index (χ4n) is 2.30. The van der Waals surface area contributed by atoms with Crippen molar-refractivity contribution < 1.29 is 0 Å². The summed E-state index contributed by atoms with van der Waals surface area (Å²) in [6.45, 7) is 0. The molecule has 4 aromatic rings.